The Bertz CT molecular complexity index is 483. The molecule has 1 heterocycles. The summed E-state index contributed by atoms with van der Waals surface area (Å²) in [7, 11) is 3.33. The summed E-state index contributed by atoms with van der Waals surface area (Å²) in [6.07, 6.45) is 0.399. The van der Waals surface area contributed by atoms with Crippen molar-refractivity contribution in [3.8, 4) is 0 Å². The quantitative estimate of drug-likeness (QED) is 0.724. The number of fused-ring (bicyclic) bond motifs is 1. The van der Waals surface area contributed by atoms with E-state index in [2.05, 4.69) is 10.2 Å². The number of nitrogens with two attached hydrogens (primary N) is 1. The van der Waals surface area contributed by atoms with Gasteiger partial charge >= 0.3 is 0 Å². The third kappa shape index (κ3) is 3.20. The van der Waals surface area contributed by atoms with Crippen molar-refractivity contribution in [3.63, 3.8) is 0 Å². The van der Waals surface area contributed by atoms with E-state index in [1.807, 2.05) is 12.1 Å². The molecule has 6 nitrogen and oxygen atoms in total. The smallest absolute Gasteiger partial charge is 0.228 e. The van der Waals surface area contributed by atoms with E-state index in [1.54, 1.807) is 14.2 Å². The Hall–Kier alpha value is -1.79. The van der Waals surface area contributed by atoms with Gasteiger partial charge in [0.25, 0.3) is 0 Å². The zero-order valence-electron chi connectivity index (χ0n) is 11.9. The van der Waals surface area contributed by atoms with Crippen molar-refractivity contribution in [1.82, 2.24) is 0 Å². The average molecular weight is 279 g/mol. The molecule has 1 aromatic rings. The molecule has 0 radical (unpaired) electrons. The van der Waals surface area contributed by atoms with E-state index in [0.29, 0.717) is 25.3 Å². The molecule has 1 amide bonds. The lowest BCUT2D eigenvalue weighted by atomic mass is 10.1. The molecule has 0 aromatic heterocycles. The molecule has 1 aliphatic heterocycles. The van der Waals surface area contributed by atoms with Gasteiger partial charge in [-0.3, -0.25) is 4.79 Å². The first-order valence-corrected chi connectivity index (χ1v) is 6.60. The summed E-state index contributed by atoms with van der Waals surface area (Å²) in [5, 5.41) is 2.85. The van der Waals surface area contributed by atoms with Crippen molar-refractivity contribution < 1.29 is 14.3 Å². The molecule has 1 aliphatic rings. The van der Waals surface area contributed by atoms with Gasteiger partial charge in [0.05, 0.1) is 31.0 Å². The number of carbonyl (C=O) groups excluding carboxylic acids is 1. The Morgan fingerprint density at radius 3 is 2.50 bits per heavy atom. The van der Waals surface area contributed by atoms with E-state index >= 15 is 0 Å². The minimum Gasteiger partial charge on any atom is -0.397 e. The van der Waals surface area contributed by atoms with Gasteiger partial charge in [0.1, 0.15) is 0 Å². The van der Waals surface area contributed by atoms with Gasteiger partial charge in [-0.05, 0) is 17.7 Å². The normalized spacial score (nSPS) is 13.2. The fourth-order valence-corrected chi connectivity index (χ4v) is 2.31. The topological polar surface area (TPSA) is 76.8 Å². The lowest BCUT2D eigenvalue weighted by molar-refractivity contribution is -0.115. The fourth-order valence-electron chi connectivity index (χ4n) is 2.31. The van der Waals surface area contributed by atoms with Crippen molar-refractivity contribution in [2.75, 3.05) is 56.5 Å². The maximum atomic E-state index is 11.4. The monoisotopic (exact) mass is 279 g/mol. The highest BCUT2D eigenvalue weighted by Crippen LogP contribution is 2.33. The largest absolute Gasteiger partial charge is 0.397 e. The molecule has 1 aromatic carbocycles. The Kier molecular flexibility index (Phi) is 4.81. The maximum absolute atomic E-state index is 11.4. The Balaban J connectivity index is 2.23. The predicted molar refractivity (Wildman–Crippen MR) is 79.2 cm³/mol. The average Bonchev–Trinajstić information content (AvgIpc) is 2.77. The summed E-state index contributed by atoms with van der Waals surface area (Å²) in [5.74, 6) is 0.0110. The predicted octanol–water partition coefficient (Wildman–Crippen LogP) is 0.863. The SMILES string of the molecule is COCCN(CCOC)c1cc2c(cc1N)CC(=O)N2. The molecular formula is C14H21N3O3. The highest BCUT2D eigenvalue weighted by atomic mass is 16.5. The van der Waals surface area contributed by atoms with Gasteiger partial charge in [0.15, 0.2) is 0 Å². The molecule has 0 saturated carbocycles. The van der Waals surface area contributed by atoms with Gasteiger partial charge in [-0.1, -0.05) is 0 Å². The molecule has 0 saturated heterocycles. The van der Waals surface area contributed by atoms with Crippen molar-refractivity contribution in [2.24, 2.45) is 0 Å². The summed E-state index contributed by atoms with van der Waals surface area (Å²) in [6.45, 7) is 2.65. The van der Waals surface area contributed by atoms with Crippen molar-refractivity contribution >= 4 is 23.0 Å². The number of ether oxygens (including phenoxy) is 2. The zero-order chi connectivity index (χ0) is 14.5. The van der Waals surface area contributed by atoms with E-state index in [-0.39, 0.29) is 5.91 Å². The molecule has 0 atom stereocenters. The lowest BCUT2D eigenvalue weighted by Gasteiger charge is -2.26. The van der Waals surface area contributed by atoms with Crippen LogP contribution in [0.25, 0.3) is 0 Å². The molecule has 0 unspecified atom stereocenters. The first-order chi connectivity index (χ1) is 9.65. The van der Waals surface area contributed by atoms with Crippen LogP contribution in [0.1, 0.15) is 5.56 Å². The third-order valence-corrected chi connectivity index (χ3v) is 3.35. The molecule has 0 aliphatic carbocycles. The van der Waals surface area contributed by atoms with E-state index in [0.717, 1.165) is 30.0 Å². The molecule has 2 rings (SSSR count). The summed E-state index contributed by atoms with van der Waals surface area (Å²) in [5.41, 5.74) is 9.50. The molecule has 110 valence electrons. The van der Waals surface area contributed by atoms with E-state index in [9.17, 15) is 4.79 Å². The molecular weight excluding hydrogens is 258 g/mol. The number of rotatable bonds is 7. The highest BCUT2D eigenvalue weighted by Gasteiger charge is 2.21. The summed E-state index contributed by atoms with van der Waals surface area (Å²) in [4.78, 5) is 13.5. The van der Waals surface area contributed by atoms with Crippen LogP contribution in [0.3, 0.4) is 0 Å². The van der Waals surface area contributed by atoms with Gasteiger partial charge in [-0.2, -0.15) is 0 Å². The number of nitrogens with one attached hydrogen (secondary N) is 1. The molecule has 0 bridgehead atoms. The second kappa shape index (κ2) is 6.58. The number of benzene rings is 1. The number of amides is 1. The maximum Gasteiger partial charge on any atom is 0.228 e. The second-order valence-electron chi connectivity index (χ2n) is 4.77. The number of carbonyl (C=O) groups is 1. The van der Waals surface area contributed by atoms with Crippen LogP contribution in [0.2, 0.25) is 0 Å². The van der Waals surface area contributed by atoms with Gasteiger partial charge in [-0.25, -0.2) is 0 Å². The van der Waals surface area contributed by atoms with Gasteiger partial charge in [0.2, 0.25) is 5.91 Å². The van der Waals surface area contributed by atoms with Gasteiger partial charge in [0, 0.05) is 33.0 Å². The summed E-state index contributed by atoms with van der Waals surface area (Å²) < 4.78 is 10.3. The van der Waals surface area contributed by atoms with Gasteiger partial charge in [-0.15, -0.1) is 0 Å². The van der Waals surface area contributed by atoms with Crippen molar-refractivity contribution in [3.05, 3.63) is 17.7 Å². The Morgan fingerprint density at radius 1 is 1.25 bits per heavy atom. The lowest BCUT2D eigenvalue weighted by Crippen LogP contribution is -2.31. The Labute approximate surface area is 118 Å². The first kappa shape index (κ1) is 14.6. The van der Waals surface area contributed by atoms with Crippen LogP contribution in [0.5, 0.6) is 0 Å². The number of hydrogen-bond acceptors (Lipinski definition) is 5. The molecule has 0 fully saturated rings. The van der Waals surface area contributed by atoms with Crippen LogP contribution in [0.15, 0.2) is 12.1 Å². The first-order valence-electron chi connectivity index (χ1n) is 6.60. The second-order valence-corrected chi connectivity index (χ2v) is 4.77. The van der Waals surface area contributed by atoms with Crippen LogP contribution in [0, 0.1) is 0 Å². The molecule has 0 spiro atoms. The number of anilines is 3. The van der Waals surface area contributed by atoms with Crippen LogP contribution < -0.4 is 16.0 Å². The van der Waals surface area contributed by atoms with E-state index in [4.69, 9.17) is 15.2 Å². The Morgan fingerprint density at radius 2 is 1.90 bits per heavy atom. The number of nitrogens with zero attached hydrogens (tertiary/aromatic N) is 1. The fraction of sp³-hybridized carbons (Fsp3) is 0.500. The highest BCUT2D eigenvalue weighted by molar-refractivity contribution is 6.00. The number of hydrogen-bond donors (Lipinski definition) is 2. The van der Waals surface area contributed by atoms with E-state index < -0.39 is 0 Å². The summed E-state index contributed by atoms with van der Waals surface area (Å²) in [6, 6.07) is 3.80. The van der Waals surface area contributed by atoms with Crippen molar-refractivity contribution in [1.29, 1.82) is 0 Å². The van der Waals surface area contributed by atoms with Crippen LogP contribution in [-0.2, 0) is 20.7 Å². The molecule has 20 heavy (non-hydrogen) atoms. The zero-order valence-corrected chi connectivity index (χ0v) is 11.9. The van der Waals surface area contributed by atoms with Crippen LogP contribution >= 0.6 is 0 Å². The molecule has 6 heteroatoms. The number of nitrogen functional groups attached to an aromatic ring is 1. The summed E-state index contributed by atoms with van der Waals surface area (Å²) >= 11 is 0. The van der Waals surface area contributed by atoms with Crippen molar-refractivity contribution in [2.45, 2.75) is 6.42 Å². The standard InChI is InChI=1S/C14H21N3O3/c1-19-5-3-17(4-6-20-2)13-9-12-10(7-11(13)15)8-14(18)16-12/h7,9H,3-6,8,15H2,1-2H3,(H,16,18). The van der Waals surface area contributed by atoms with Gasteiger partial charge < -0.3 is 25.4 Å². The minimum absolute atomic E-state index is 0.0110. The minimum atomic E-state index is 0.0110. The van der Waals surface area contributed by atoms with Crippen LogP contribution in [0.4, 0.5) is 17.1 Å². The number of methoxy groups -OCH3 is 2. The third-order valence-electron chi connectivity index (χ3n) is 3.35. The molecule has 3 N–H and O–H groups in total. The van der Waals surface area contributed by atoms with E-state index in [1.165, 1.54) is 0 Å². The van der Waals surface area contributed by atoms with Crippen LogP contribution in [-0.4, -0.2) is 46.4 Å².